The van der Waals surface area contributed by atoms with Gasteiger partial charge in [0.15, 0.2) is 5.58 Å². The van der Waals surface area contributed by atoms with Gasteiger partial charge in [-0.05, 0) is 13.3 Å². The molecule has 0 bridgehead atoms. The number of halogens is 1. The molecule has 0 spiro atoms. The second kappa shape index (κ2) is 6.47. The van der Waals surface area contributed by atoms with Crippen LogP contribution in [0, 0.1) is 0 Å². The molecule has 108 valence electrons. The van der Waals surface area contributed by atoms with Gasteiger partial charge in [0.2, 0.25) is 0 Å². The van der Waals surface area contributed by atoms with E-state index in [1.54, 1.807) is 6.92 Å². The number of nitrogens with one attached hydrogen (secondary N) is 1. The molecule has 0 saturated heterocycles. The van der Waals surface area contributed by atoms with Crippen LogP contribution in [-0.2, 0) is 9.53 Å². The maximum atomic E-state index is 11.5. The van der Waals surface area contributed by atoms with Gasteiger partial charge in [0.05, 0.1) is 12.1 Å². The maximum Gasteiger partial charge on any atom is 0.354 e. The van der Waals surface area contributed by atoms with Gasteiger partial charge in [-0.15, -0.1) is 11.6 Å². The highest BCUT2D eigenvalue weighted by molar-refractivity contribution is 6.17. The summed E-state index contributed by atoms with van der Waals surface area (Å²) in [6.07, 6.45) is 0.776. The molecule has 6 nitrogen and oxygen atoms in total. The zero-order valence-corrected chi connectivity index (χ0v) is 11.7. The van der Waals surface area contributed by atoms with Crippen molar-refractivity contribution in [2.24, 2.45) is 0 Å². The van der Waals surface area contributed by atoms with Crippen LogP contribution in [0.4, 0.5) is 0 Å². The van der Waals surface area contributed by atoms with E-state index in [0.717, 1.165) is 0 Å². The first kappa shape index (κ1) is 14.5. The third kappa shape index (κ3) is 3.33. The molecule has 0 fully saturated rings. The van der Waals surface area contributed by atoms with E-state index in [4.69, 9.17) is 25.5 Å². The van der Waals surface area contributed by atoms with Crippen molar-refractivity contribution < 1.29 is 23.5 Å². The van der Waals surface area contributed by atoms with Crippen LogP contribution in [0.3, 0.4) is 0 Å². The van der Waals surface area contributed by atoms with Gasteiger partial charge in [0.1, 0.15) is 5.69 Å². The normalized spacial score (nSPS) is 10.7. The lowest BCUT2D eigenvalue weighted by Crippen LogP contribution is -2.07. The molecule has 0 saturated carbocycles. The number of esters is 2. The van der Waals surface area contributed by atoms with Gasteiger partial charge in [-0.25, -0.2) is 4.79 Å². The van der Waals surface area contributed by atoms with Gasteiger partial charge in [0, 0.05) is 24.4 Å². The lowest BCUT2D eigenvalue weighted by atomic mass is 10.3. The summed E-state index contributed by atoms with van der Waals surface area (Å²) in [4.78, 5) is 25.7. The van der Waals surface area contributed by atoms with Crippen molar-refractivity contribution >= 4 is 34.6 Å². The van der Waals surface area contributed by atoms with E-state index in [1.807, 2.05) is 0 Å². The molecule has 20 heavy (non-hydrogen) atoms. The third-order valence-corrected chi connectivity index (χ3v) is 2.77. The van der Waals surface area contributed by atoms with Crippen LogP contribution < -0.4 is 4.74 Å². The molecule has 7 heteroatoms. The Morgan fingerprint density at radius 1 is 1.40 bits per heavy atom. The highest BCUT2D eigenvalue weighted by atomic mass is 35.5. The Kier molecular flexibility index (Phi) is 4.68. The summed E-state index contributed by atoms with van der Waals surface area (Å²) in [7, 11) is 0. The molecule has 0 aromatic carbocycles. The number of hydrogen-bond donors (Lipinski definition) is 1. The smallest absolute Gasteiger partial charge is 0.354 e. The molecule has 0 aliphatic carbocycles. The molecule has 0 unspecified atom stereocenters. The van der Waals surface area contributed by atoms with Gasteiger partial charge in [-0.2, -0.15) is 0 Å². The van der Waals surface area contributed by atoms with Crippen LogP contribution in [0.2, 0.25) is 0 Å². The molecule has 2 aromatic heterocycles. The Bertz CT molecular complexity index is 584. The summed E-state index contributed by atoms with van der Waals surface area (Å²) in [6.45, 7) is 2.02. The highest BCUT2D eigenvalue weighted by Gasteiger charge is 2.15. The predicted molar refractivity (Wildman–Crippen MR) is 72.1 cm³/mol. The fourth-order valence-electron chi connectivity index (χ4n) is 1.64. The van der Waals surface area contributed by atoms with Crippen molar-refractivity contribution in [1.29, 1.82) is 0 Å². The van der Waals surface area contributed by atoms with E-state index in [1.165, 1.54) is 12.1 Å². The first-order chi connectivity index (χ1) is 9.63. The quantitative estimate of drug-likeness (QED) is 0.655. The summed E-state index contributed by atoms with van der Waals surface area (Å²) in [6, 6.07) is 3.01. The average Bonchev–Trinajstić information content (AvgIpc) is 2.94. The number of alkyl halides is 1. The van der Waals surface area contributed by atoms with Gasteiger partial charge in [-0.3, -0.25) is 4.79 Å². The lowest BCUT2D eigenvalue weighted by Gasteiger charge is -1.99. The van der Waals surface area contributed by atoms with Crippen molar-refractivity contribution in [2.75, 3.05) is 12.5 Å². The first-order valence-electron chi connectivity index (χ1n) is 6.20. The van der Waals surface area contributed by atoms with Crippen molar-refractivity contribution in [3.05, 3.63) is 17.8 Å². The Morgan fingerprint density at radius 3 is 2.85 bits per heavy atom. The number of hydrogen-bond acceptors (Lipinski definition) is 5. The fourth-order valence-corrected chi connectivity index (χ4v) is 1.78. The van der Waals surface area contributed by atoms with E-state index in [0.29, 0.717) is 35.7 Å². The van der Waals surface area contributed by atoms with Crippen LogP contribution in [0.25, 0.3) is 11.1 Å². The molecule has 0 radical (unpaired) electrons. The summed E-state index contributed by atoms with van der Waals surface area (Å²) in [5.41, 5.74) is 1.28. The summed E-state index contributed by atoms with van der Waals surface area (Å²) in [5, 5.41) is 0. The standard InChI is InChI=1S/C13H14ClNO5/c1-2-18-13(17)9-6-10-8(15-9)7-12(19-10)20-11(16)4-3-5-14/h6-7,15H,2-5H2,1H3. The minimum absolute atomic E-state index is 0.0845. The Balaban J connectivity index is 2.06. The van der Waals surface area contributed by atoms with E-state index < -0.39 is 11.9 Å². The van der Waals surface area contributed by atoms with E-state index in [9.17, 15) is 9.59 Å². The van der Waals surface area contributed by atoms with Crippen LogP contribution in [0.5, 0.6) is 5.95 Å². The third-order valence-electron chi connectivity index (χ3n) is 2.51. The lowest BCUT2D eigenvalue weighted by molar-refractivity contribution is -0.135. The minimum Gasteiger partial charge on any atom is -0.461 e. The summed E-state index contributed by atoms with van der Waals surface area (Å²) < 4.78 is 15.2. The number of H-pyrrole nitrogens is 1. The van der Waals surface area contributed by atoms with E-state index in [-0.39, 0.29) is 12.4 Å². The largest absolute Gasteiger partial charge is 0.461 e. The van der Waals surface area contributed by atoms with Crippen LogP contribution in [0.1, 0.15) is 30.3 Å². The molecule has 0 aliphatic rings. The van der Waals surface area contributed by atoms with Gasteiger partial charge >= 0.3 is 11.9 Å². The monoisotopic (exact) mass is 299 g/mol. The van der Waals surface area contributed by atoms with Gasteiger partial charge < -0.3 is 18.9 Å². The zero-order chi connectivity index (χ0) is 14.5. The van der Waals surface area contributed by atoms with Gasteiger partial charge in [0.25, 0.3) is 5.95 Å². The molecular formula is C13H14ClNO5. The molecule has 0 amide bonds. The number of fused-ring (bicyclic) bond motifs is 1. The molecular weight excluding hydrogens is 286 g/mol. The molecule has 2 rings (SSSR count). The number of rotatable bonds is 6. The van der Waals surface area contributed by atoms with E-state index in [2.05, 4.69) is 4.98 Å². The number of ether oxygens (including phenoxy) is 2. The highest BCUT2D eigenvalue weighted by Crippen LogP contribution is 2.26. The molecule has 0 atom stereocenters. The SMILES string of the molecule is CCOC(=O)c1cc2oc(OC(=O)CCCCl)cc2[nH]1. The second-order valence-corrected chi connectivity index (χ2v) is 4.39. The molecule has 2 aromatic rings. The number of carbonyl (C=O) groups excluding carboxylic acids is 2. The number of carbonyl (C=O) groups is 2. The van der Waals surface area contributed by atoms with Crippen LogP contribution in [0.15, 0.2) is 16.5 Å². The van der Waals surface area contributed by atoms with E-state index >= 15 is 0 Å². The van der Waals surface area contributed by atoms with Crippen LogP contribution >= 0.6 is 11.6 Å². The van der Waals surface area contributed by atoms with Crippen molar-refractivity contribution in [3.63, 3.8) is 0 Å². The zero-order valence-electron chi connectivity index (χ0n) is 10.9. The fraction of sp³-hybridized carbons (Fsp3) is 0.385. The van der Waals surface area contributed by atoms with Crippen molar-refractivity contribution in [2.45, 2.75) is 19.8 Å². The molecule has 2 heterocycles. The summed E-state index contributed by atoms with van der Waals surface area (Å²) >= 11 is 5.49. The summed E-state index contributed by atoms with van der Waals surface area (Å²) in [5.74, 6) is -0.384. The molecule has 1 N–H and O–H groups in total. The van der Waals surface area contributed by atoms with Gasteiger partial charge in [-0.1, -0.05) is 0 Å². The minimum atomic E-state index is -0.459. The predicted octanol–water partition coefficient (Wildman–Crippen LogP) is 2.86. The Hall–Kier alpha value is -1.95. The second-order valence-electron chi connectivity index (χ2n) is 4.01. The first-order valence-corrected chi connectivity index (χ1v) is 6.73. The number of aromatic nitrogens is 1. The number of furan rings is 1. The maximum absolute atomic E-state index is 11.5. The van der Waals surface area contributed by atoms with Crippen molar-refractivity contribution in [3.8, 4) is 5.95 Å². The van der Waals surface area contributed by atoms with Crippen LogP contribution in [-0.4, -0.2) is 29.4 Å². The topological polar surface area (TPSA) is 81.5 Å². The number of aromatic amines is 1. The van der Waals surface area contributed by atoms with Crippen molar-refractivity contribution in [1.82, 2.24) is 4.98 Å². The molecule has 0 aliphatic heterocycles. The Morgan fingerprint density at radius 2 is 2.20 bits per heavy atom. The Labute approximate surface area is 120 Å². The average molecular weight is 300 g/mol.